The third kappa shape index (κ3) is 6.06. The lowest BCUT2D eigenvalue weighted by Gasteiger charge is -2.34. The molecular weight excluding hydrogens is 366 g/mol. The molecule has 154 valence electrons. The third-order valence-electron chi connectivity index (χ3n) is 4.91. The molecule has 1 aromatic heterocycles. The number of carbonyl (C=O) groups is 1. The second-order valence-electron chi connectivity index (χ2n) is 7.05. The molecule has 0 unspecified atom stereocenters. The lowest BCUT2D eigenvalue weighted by atomic mass is 10.1. The molecule has 6 nitrogen and oxygen atoms in total. The standard InChI is InChI=1S/C23H29N3O3/c1-3-16-29-21-6-4-19(17-22(21)28-2)5-7-23(27)26-14-12-25(13-15-26)18-20-8-10-24-11-9-20/h4-11,17H,3,12-16,18H2,1-2H3/b7-5+. The summed E-state index contributed by atoms with van der Waals surface area (Å²) in [6.07, 6.45) is 8.04. The van der Waals surface area contributed by atoms with Crippen LogP contribution in [0.25, 0.3) is 6.08 Å². The molecule has 0 saturated carbocycles. The van der Waals surface area contributed by atoms with Crippen LogP contribution in [-0.4, -0.2) is 60.6 Å². The highest BCUT2D eigenvalue weighted by atomic mass is 16.5. The van der Waals surface area contributed by atoms with Crippen molar-refractivity contribution >= 4 is 12.0 Å². The molecule has 0 N–H and O–H groups in total. The van der Waals surface area contributed by atoms with Gasteiger partial charge in [0.1, 0.15) is 0 Å². The molecular formula is C23H29N3O3. The average Bonchev–Trinajstić information content (AvgIpc) is 2.77. The van der Waals surface area contributed by atoms with Crippen LogP contribution in [-0.2, 0) is 11.3 Å². The van der Waals surface area contributed by atoms with Crippen LogP contribution in [0.4, 0.5) is 0 Å². The van der Waals surface area contributed by atoms with Crippen LogP contribution >= 0.6 is 0 Å². The van der Waals surface area contributed by atoms with E-state index in [1.165, 1.54) is 5.56 Å². The maximum Gasteiger partial charge on any atom is 0.246 e. The summed E-state index contributed by atoms with van der Waals surface area (Å²) >= 11 is 0. The van der Waals surface area contributed by atoms with Crippen molar-refractivity contribution in [2.75, 3.05) is 39.9 Å². The van der Waals surface area contributed by atoms with E-state index < -0.39 is 0 Å². The number of amides is 1. The number of pyridine rings is 1. The van der Waals surface area contributed by atoms with E-state index in [2.05, 4.69) is 16.8 Å². The number of carbonyl (C=O) groups excluding carboxylic acids is 1. The fourth-order valence-corrected chi connectivity index (χ4v) is 3.26. The van der Waals surface area contributed by atoms with E-state index in [0.717, 1.165) is 50.5 Å². The van der Waals surface area contributed by atoms with Crippen LogP contribution in [0, 0.1) is 0 Å². The molecule has 0 bridgehead atoms. The fraction of sp³-hybridized carbons (Fsp3) is 0.391. The number of hydrogen-bond acceptors (Lipinski definition) is 5. The molecule has 0 spiro atoms. The zero-order valence-electron chi connectivity index (χ0n) is 17.2. The van der Waals surface area contributed by atoms with Crippen molar-refractivity contribution in [3.8, 4) is 11.5 Å². The number of benzene rings is 1. The van der Waals surface area contributed by atoms with Gasteiger partial charge in [-0.05, 0) is 47.9 Å². The van der Waals surface area contributed by atoms with Gasteiger partial charge in [-0.3, -0.25) is 14.7 Å². The monoisotopic (exact) mass is 395 g/mol. The van der Waals surface area contributed by atoms with Crippen molar-refractivity contribution in [2.24, 2.45) is 0 Å². The van der Waals surface area contributed by atoms with Crippen LogP contribution in [0.3, 0.4) is 0 Å². The molecule has 2 aromatic rings. The highest BCUT2D eigenvalue weighted by molar-refractivity contribution is 5.92. The Balaban J connectivity index is 1.52. The first kappa shape index (κ1) is 20.9. The number of nitrogens with zero attached hydrogens (tertiary/aromatic N) is 3. The highest BCUT2D eigenvalue weighted by Crippen LogP contribution is 2.28. The quantitative estimate of drug-likeness (QED) is 0.643. The van der Waals surface area contributed by atoms with Gasteiger partial charge in [0.15, 0.2) is 11.5 Å². The van der Waals surface area contributed by atoms with E-state index in [1.807, 2.05) is 53.7 Å². The first-order valence-electron chi connectivity index (χ1n) is 10.1. The van der Waals surface area contributed by atoms with Crippen molar-refractivity contribution in [2.45, 2.75) is 19.9 Å². The Kier molecular flexibility index (Phi) is 7.64. The molecule has 29 heavy (non-hydrogen) atoms. The van der Waals surface area contributed by atoms with Gasteiger partial charge in [0, 0.05) is 51.2 Å². The lowest BCUT2D eigenvalue weighted by molar-refractivity contribution is -0.127. The number of rotatable bonds is 8. The SMILES string of the molecule is CCCOc1ccc(/C=C/C(=O)N2CCN(Cc3ccncc3)CC2)cc1OC. The molecule has 6 heteroatoms. The normalized spacial score (nSPS) is 14.9. The molecule has 1 aromatic carbocycles. The fourth-order valence-electron chi connectivity index (χ4n) is 3.26. The lowest BCUT2D eigenvalue weighted by Crippen LogP contribution is -2.47. The van der Waals surface area contributed by atoms with Gasteiger partial charge in [0.05, 0.1) is 13.7 Å². The topological polar surface area (TPSA) is 54.9 Å². The molecule has 1 aliphatic rings. The van der Waals surface area contributed by atoms with Crippen molar-refractivity contribution in [1.29, 1.82) is 0 Å². The molecule has 2 heterocycles. The maximum atomic E-state index is 12.6. The van der Waals surface area contributed by atoms with Gasteiger partial charge in [-0.15, -0.1) is 0 Å². The first-order chi connectivity index (χ1) is 14.2. The first-order valence-corrected chi connectivity index (χ1v) is 10.1. The van der Waals surface area contributed by atoms with Crippen LogP contribution in [0.1, 0.15) is 24.5 Å². The van der Waals surface area contributed by atoms with Crippen molar-refractivity contribution in [1.82, 2.24) is 14.8 Å². The van der Waals surface area contributed by atoms with Gasteiger partial charge in [-0.1, -0.05) is 13.0 Å². The summed E-state index contributed by atoms with van der Waals surface area (Å²) < 4.78 is 11.1. The minimum absolute atomic E-state index is 0.0406. The van der Waals surface area contributed by atoms with E-state index in [9.17, 15) is 4.79 Å². The summed E-state index contributed by atoms with van der Waals surface area (Å²) in [5, 5.41) is 0. The predicted octanol–water partition coefficient (Wildman–Crippen LogP) is 3.24. The predicted molar refractivity (Wildman–Crippen MR) is 114 cm³/mol. The van der Waals surface area contributed by atoms with E-state index >= 15 is 0 Å². The smallest absolute Gasteiger partial charge is 0.246 e. The molecule has 1 saturated heterocycles. The summed E-state index contributed by atoms with van der Waals surface area (Å²) in [7, 11) is 1.62. The summed E-state index contributed by atoms with van der Waals surface area (Å²) in [5.41, 5.74) is 2.16. The summed E-state index contributed by atoms with van der Waals surface area (Å²) in [6, 6.07) is 9.78. The number of aromatic nitrogens is 1. The minimum atomic E-state index is 0.0406. The van der Waals surface area contributed by atoms with E-state index in [1.54, 1.807) is 13.2 Å². The minimum Gasteiger partial charge on any atom is -0.493 e. The molecule has 1 aliphatic heterocycles. The molecule has 1 amide bonds. The Morgan fingerprint density at radius 2 is 1.86 bits per heavy atom. The zero-order chi connectivity index (χ0) is 20.5. The molecule has 3 rings (SSSR count). The Labute approximate surface area is 172 Å². The molecule has 0 aliphatic carbocycles. The maximum absolute atomic E-state index is 12.6. The van der Waals surface area contributed by atoms with Crippen molar-refractivity contribution in [3.63, 3.8) is 0 Å². The molecule has 1 fully saturated rings. The van der Waals surface area contributed by atoms with Crippen molar-refractivity contribution < 1.29 is 14.3 Å². The summed E-state index contributed by atoms with van der Waals surface area (Å²) in [4.78, 5) is 20.9. The van der Waals surface area contributed by atoms with Gasteiger partial charge in [-0.25, -0.2) is 0 Å². The Bertz CT molecular complexity index is 815. The van der Waals surface area contributed by atoms with Crippen molar-refractivity contribution in [3.05, 3.63) is 59.9 Å². The van der Waals surface area contributed by atoms with E-state index in [0.29, 0.717) is 12.4 Å². The number of piperazine rings is 1. The Morgan fingerprint density at radius 1 is 1.10 bits per heavy atom. The number of methoxy groups -OCH3 is 1. The van der Waals surface area contributed by atoms with Crippen LogP contribution in [0.5, 0.6) is 11.5 Å². The number of ether oxygens (including phenoxy) is 2. The van der Waals surface area contributed by atoms with Crippen LogP contribution in [0.15, 0.2) is 48.8 Å². The second kappa shape index (κ2) is 10.6. The average molecular weight is 396 g/mol. The highest BCUT2D eigenvalue weighted by Gasteiger charge is 2.19. The van der Waals surface area contributed by atoms with E-state index in [4.69, 9.17) is 9.47 Å². The summed E-state index contributed by atoms with van der Waals surface area (Å²) in [5.74, 6) is 1.44. The van der Waals surface area contributed by atoms with Gasteiger partial charge in [0.2, 0.25) is 5.91 Å². The Hall–Kier alpha value is -2.86. The van der Waals surface area contributed by atoms with Gasteiger partial charge >= 0.3 is 0 Å². The van der Waals surface area contributed by atoms with Crippen LogP contribution < -0.4 is 9.47 Å². The Morgan fingerprint density at radius 3 is 2.55 bits per heavy atom. The van der Waals surface area contributed by atoms with Gasteiger partial charge in [0.25, 0.3) is 0 Å². The second-order valence-corrected chi connectivity index (χ2v) is 7.05. The summed E-state index contributed by atoms with van der Waals surface area (Å²) in [6.45, 7) is 6.83. The van der Waals surface area contributed by atoms with E-state index in [-0.39, 0.29) is 5.91 Å². The molecule has 0 atom stereocenters. The zero-order valence-corrected chi connectivity index (χ0v) is 17.2. The van der Waals surface area contributed by atoms with Gasteiger partial charge in [-0.2, -0.15) is 0 Å². The third-order valence-corrected chi connectivity index (χ3v) is 4.91. The number of hydrogen-bond donors (Lipinski definition) is 0. The molecule has 0 radical (unpaired) electrons. The largest absolute Gasteiger partial charge is 0.493 e. The van der Waals surface area contributed by atoms with Crippen LogP contribution in [0.2, 0.25) is 0 Å². The van der Waals surface area contributed by atoms with Gasteiger partial charge < -0.3 is 14.4 Å².